The third-order valence-corrected chi connectivity index (χ3v) is 3.13. The first-order valence-electron chi connectivity index (χ1n) is 5.57. The Morgan fingerprint density at radius 1 is 1.67 bits per heavy atom. The second-order valence-electron chi connectivity index (χ2n) is 4.20. The number of nitrogens with two attached hydrogens (primary N) is 1. The lowest BCUT2D eigenvalue weighted by Crippen LogP contribution is -2.18. The molecule has 0 spiro atoms. The van der Waals surface area contributed by atoms with Gasteiger partial charge in [-0.2, -0.15) is 0 Å². The molecule has 1 fully saturated rings. The molecule has 3 N–H and O–H groups in total. The van der Waals surface area contributed by atoms with Crippen molar-refractivity contribution in [3.8, 4) is 0 Å². The van der Waals surface area contributed by atoms with Crippen LogP contribution >= 0.6 is 0 Å². The van der Waals surface area contributed by atoms with Crippen LogP contribution in [0, 0.1) is 0 Å². The summed E-state index contributed by atoms with van der Waals surface area (Å²) in [5.74, 6) is 0. The number of hydrogen-bond donors (Lipinski definition) is 2. The maximum atomic E-state index is 9.73. The second kappa shape index (κ2) is 4.28. The van der Waals surface area contributed by atoms with E-state index in [0.717, 1.165) is 31.4 Å². The van der Waals surface area contributed by atoms with Gasteiger partial charge in [0.05, 0.1) is 30.1 Å². The fraction of sp³-hybridized carbons (Fsp3) is 0.800. The highest BCUT2D eigenvalue weighted by Gasteiger charge is 2.28. The van der Waals surface area contributed by atoms with Gasteiger partial charge in [-0.1, -0.05) is 12.1 Å². The van der Waals surface area contributed by atoms with Crippen molar-refractivity contribution in [1.82, 2.24) is 15.0 Å². The largest absolute Gasteiger partial charge is 0.391 e. The Morgan fingerprint density at radius 2 is 2.47 bits per heavy atom. The zero-order chi connectivity index (χ0) is 10.8. The van der Waals surface area contributed by atoms with Crippen molar-refractivity contribution in [2.45, 2.75) is 50.8 Å². The van der Waals surface area contributed by atoms with E-state index in [0.29, 0.717) is 0 Å². The summed E-state index contributed by atoms with van der Waals surface area (Å²) in [6.45, 7) is 2.02. The monoisotopic (exact) mass is 210 g/mol. The topological polar surface area (TPSA) is 77.0 Å². The predicted octanol–water partition coefficient (Wildman–Crippen LogP) is 0.774. The van der Waals surface area contributed by atoms with E-state index in [4.69, 9.17) is 5.73 Å². The fourth-order valence-electron chi connectivity index (χ4n) is 2.06. The van der Waals surface area contributed by atoms with Crippen LogP contribution in [0.2, 0.25) is 0 Å². The molecule has 15 heavy (non-hydrogen) atoms. The van der Waals surface area contributed by atoms with E-state index >= 15 is 0 Å². The van der Waals surface area contributed by atoms with Gasteiger partial charge in [0.25, 0.3) is 0 Å². The molecule has 0 radical (unpaired) electrons. The summed E-state index contributed by atoms with van der Waals surface area (Å²) in [6.07, 6.45) is 5.34. The zero-order valence-electron chi connectivity index (χ0n) is 9.00. The molecule has 3 atom stereocenters. The Hall–Kier alpha value is -0.940. The van der Waals surface area contributed by atoms with Gasteiger partial charge in [0.1, 0.15) is 0 Å². The maximum Gasteiger partial charge on any atom is 0.0994 e. The second-order valence-corrected chi connectivity index (χ2v) is 4.20. The fourth-order valence-corrected chi connectivity index (χ4v) is 2.06. The van der Waals surface area contributed by atoms with Crippen molar-refractivity contribution >= 4 is 0 Å². The van der Waals surface area contributed by atoms with Gasteiger partial charge in [-0.05, 0) is 25.7 Å². The molecular formula is C10H18N4O. The smallest absolute Gasteiger partial charge is 0.0994 e. The van der Waals surface area contributed by atoms with Crippen molar-refractivity contribution < 1.29 is 5.11 Å². The molecular weight excluding hydrogens is 192 g/mol. The van der Waals surface area contributed by atoms with Gasteiger partial charge in [0.2, 0.25) is 0 Å². The summed E-state index contributed by atoms with van der Waals surface area (Å²) in [5.41, 5.74) is 6.68. The summed E-state index contributed by atoms with van der Waals surface area (Å²) in [4.78, 5) is 0. The average molecular weight is 210 g/mol. The van der Waals surface area contributed by atoms with Crippen LogP contribution in [0.5, 0.6) is 0 Å². The van der Waals surface area contributed by atoms with Crippen LogP contribution in [-0.4, -0.2) is 26.2 Å². The van der Waals surface area contributed by atoms with Crippen LogP contribution in [0.1, 0.15) is 50.4 Å². The molecule has 3 unspecified atom stereocenters. The molecule has 1 aromatic heterocycles. The van der Waals surface area contributed by atoms with Crippen molar-refractivity contribution in [1.29, 1.82) is 0 Å². The summed E-state index contributed by atoms with van der Waals surface area (Å²) in [5, 5.41) is 17.8. The van der Waals surface area contributed by atoms with E-state index in [9.17, 15) is 5.11 Å². The molecule has 0 aliphatic heterocycles. The minimum absolute atomic E-state index is 0.0442. The molecule has 5 heteroatoms. The van der Waals surface area contributed by atoms with Gasteiger partial charge in [0, 0.05) is 0 Å². The molecule has 1 saturated carbocycles. The number of hydrogen-bond acceptors (Lipinski definition) is 4. The lowest BCUT2D eigenvalue weighted by Gasteiger charge is -2.13. The number of aromatic nitrogens is 3. The summed E-state index contributed by atoms with van der Waals surface area (Å²) in [6, 6.07) is 0.0487. The van der Waals surface area contributed by atoms with Crippen molar-refractivity contribution in [3.63, 3.8) is 0 Å². The predicted molar refractivity (Wildman–Crippen MR) is 56.1 cm³/mol. The number of rotatable bonds is 3. The van der Waals surface area contributed by atoms with E-state index in [1.54, 1.807) is 4.68 Å². The van der Waals surface area contributed by atoms with Crippen molar-refractivity contribution in [3.05, 3.63) is 11.9 Å². The Labute approximate surface area is 89.3 Å². The van der Waals surface area contributed by atoms with Gasteiger partial charge >= 0.3 is 0 Å². The molecule has 0 bridgehead atoms. The molecule has 1 aliphatic rings. The molecule has 5 nitrogen and oxygen atoms in total. The van der Waals surface area contributed by atoms with E-state index in [-0.39, 0.29) is 18.2 Å². The Bertz CT molecular complexity index is 325. The first-order chi connectivity index (χ1) is 7.22. The number of aliphatic hydroxyl groups is 1. The molecule has 0 saturated heterocycles. The molecule has 1 aliphatic carbocycles. The standard InChI is InChI=1S/C10H18N4O/c1-2-7(11)8-6-14(13-12-8)9-4-3-5-10(9)15/h6-7,9-10,15H,2-5,11H2,1H3. The van der Waals surface area contributed by atoms with Crippen LogP contribution in [0.25, 0.3) is 0 Å². The average Bonchev–Trinajstić information content (AvgIpc) is 2.84. The normalized spacial score (nSPS) is 28.2. The van der Waals surface area contributed by atoms with E-state index in [1.165, 1.54) is 0 Å². The SMILES string of the molecule is CCC(N)c1cn(C2CCCC2O)nn1. The van der Waals surface area contributed by atoms with Crippen LogP contribution in [0.3, 0.4) is 0 Å². The third-order valence-electron chi connectivity index (χ3n) is 3.13. The summed E-state index contributed by atoms with van der Waals surface area (Å²) in [7, 11) is 0. The van der Waals surface area contributed by atoms with Gasteiger partial charge in [0.15, 0.2) is 0 Å². The summed E-state index contributed by atoms with van der Waals surface area (Å²) < 4.78 is 1.77. The first kappa shape index (κ1) is 10.6. The third kappa shape index (κ3) is 2.03. The van der Waals surface area contributed by atoms with Crippen molar-refractivity contribution in [2.24, 2.45) is 5.73 Å². The van der Waals surface area contributed by atoms with Crippen molar-refractivity contribution in [2.75, 3.05) is 0 Å². The Morgan fingerprint density at radius 3 is 3.07 bits per heavy atom. The van der Waals surface area contributed by atoms with Gasteiger partial charge in [-0.15, -0.1) is 5.10 Å². The quantitative estimate of drug-likeness (QED) is 0.772. The molecule has 1 aromatic rings. The molecule has 84 valence electrons. The first-order valence-corrected chi connectivity index (χ1v) is 5.57. The minimum Gasteiger partial charge on any atom is -0.391 e. The lowest BCUT2D eigenvalue weighted by molar-refractivity contribution is 0.129. The highest BCUT2D eigenvalue weighted by molar-refractivity contribution is 5.00. The molecule has 1 heterocycles. The lowest BCUT2D eigenvalue weighted by atomic mass is 10.2. The van der Waals surface area contributed by atoms with Crippen LogP contribution in [-0.2, 0) is 0 Å². The maximum absolute atomic E-state index is 9.73. The zero-order valence-corrected chi connectivity index (χ0v) is 9.00. The van der Waals surface area contributed by atoms with E-state index in [2.05, 4.69) is 10.3 Å². The van der Waals surface area contributed by atoms with Crippen LogP contribution in [0.4, 0.5) is 0 Å². The number of aliphatic hydroxyl groups excluding tert-OH is 1. The highest BCUT2D eigenvalue weighted by atomic mass is 16.3. The van der Waals surface area contributed by atoms with E-state index < -0.39 is 0 Å². The Balaban J connectivity index is 2.12. The number of nitrogens with zero attached hydrogens (tertiary/aromatic N) is 3. The molecule has 0 aromatic carbocycles. The molecule has 0 amide bonds. The minimum atomic E-state index is -0.280. The van der Waals surface area contributed by atoms with E-state index in [1.807, 2.05) is 13.1 Å². The van der Waals surface area contributed by atoms with Gasteiger partial charge in [-0.3, -0.25) is 0 Å². The van der Waals surface area contributed by atoms with Crippen LogP contribution in [0.15, 0.2) is 6.20 Å². The molecule has 2 rings (SSSR count). The highest BCUT2D eigenvalue weighted by Crippen LogP contribution is 2.29. The Kier molecular flexibility index (Phi) is 3.02. The summed E-state index contributed by atoms with van der Waals surface area (Å²) >= 11 is 0. The van der Waals surface area contributed by atoms with Gasteiger partial charge < -0.3 is 10.8 Å². The van der Waals surface area contributed by atoms with Gasteiger partial charge in [-0.25, -0.2) is 4.68 Å². The van der Waals surface area contributed by atoms with Crippen LogP contribution < -0.4 is 5.73 Å².